The number of rotatable bonds is 3. The van der Waals surface area contributed by atoms with Crippen molar-refractivity contribution in [2.75, 3.05) is 7.11 Å². The fraction of sp³-hybridized carbons (Fsp3) is 0.133. The van der Waals surface area contributed by atoms with Crippen molar-refractivity contribution in [3.63, 3.8) is 0 Å². The first-order chi connectivity index (χ1) is 9.85. The predicted octanol–water partition coefficient (Wildman–Crippen LogP) is 5.04. The standard InChI is InChI=1S/C15H10Br2F2O2/c1-7-3-13(21-2)9(6-10(7)17)15(20)14-11(18)4-8(16)5-12(14)19/h3-6H,1-2H3. The van der Waals surface area contributed by atoms with Gasteiger partial charge in [0.1, 0.15) is 17.4 Å². The fourth-order valence-corrected chi connectivity index (χ4v) is 2.64. The van der Waals surface area contributed by atoms with Gasteiger partial charge in [0.25, 0.3) is 0 Å². The lowest BCUT2D eigenvalue weighted by Gasteiger charge is -2.11. The summed E-state index contributed by atoms with van der Waals surface area (Å²) in [7, 11) is 1.40. The topological polar surface area (TPSA) is 26.3 Å². The zero-order valence-corrected chi connectivity index (χ0v) is 14.3. The third kappa shape index (κ3) is 3.16. The number of benzene rings is 2. The Morgan fingerprint density at radius 3 is 2.19 bits per heavy atom. The maximum atomic E-state index is 13.9. The predicted molar refractivity (Wildman–Crippen MR) is 82.9 cm³/mol. The number of aryl methyl sites for hydroxylation is 1. The summed E-state index contributed by atoms with van der Waals surface area (Å²) in [5.74, 6) is -2.35. The van der Waals surface area contributed by atoms with Gasteiger partial charge in [-0.15, -0.1) is 0 Å². The molecule has 2 rings (SSSR count). The summed E-state index contributed by atoms with van der Waals surface area (Å²) in [5.41, 5.74) is 0.336. The maximum Gasteiger partial charge on any atom is 0.202 e. The molecule has 0 amide bonds. The third-order valence-corrected chi connectivity index (χ3v) is 4.27. The van der Waals surface area contributed by atoms with Gasteiger partial charge in [0.15, 0.2) is 0 Å². The molecule has 0 aliphatic rings. The van der Waals surface area contributed by atoms with E-state index in [1.807, 2.05) is 6.92 Å². The molecule has 0 aliphatic carbocycles. The molecule has 0 saturated heterocycles. The van der Waals surface area contributed by atoms with Gasteiger partial charge in [-0.05, 0) is 36.8 Å². The van der Waals surface area contributed by atoms with Gasteiger partial charge < -0.3 is 4.74 Å². The minimum atomic E-state index is -0.925. The molecule has 0 heterocycles. The highest BCUT2D eigenvalue weighted by Gasteiger charge is 2.23. The molecule has 0 fully saturated rings. The Balaban J connectivity index is 2.63. The zero-order valence-electron chi connectivity index (χ0n) is 11.1. The van der Waals surface area contributed by atoms with E-state index in [4.69, 9.17) is 4.74 Å². The summed E-state index contributed by atoms with van der Waals surface area (Å²) in [6.07, 6.45) is 0. The van der Waals surface area contributed by atoms with Gasteiger partial charge in [0, 0.05) is 8.95 Å². The monoisotopic (exact) mass is 418 g/mol. The lowest BCUT2D eigenvalue weighted by atomic mass is 10.00. The van der Waals surface area contributed by atoms with Crippen molar-refractivity contribution in [3.05, 3.63) is 61.5 Å². The second-order valence-electron chi connectivity index (χ2n) is 4.38. The van der Waals surface area contributed by atoms with Crippen molar-refractivity contribution >= 4 is 37.6 Å². The average molecular weight is 420 g/mol. The van der Waals surface area contributed by atoms with Crippen LogP contribution in [0, 0.1) is 18.6 Å². The van der Waals surface area contributed by atoms with Crippen molar-refractivity contribution in [2.45, 2.75) is 6.92 Å². The van der Waals surface area contributed by atoms with E-state index in [-0.39, 0.29) is 15.8 Å². The highest BCUT2D eigenvalue weighted by atomic mass is 79.9. The number of carbonyl (C=O) groups excluding carboxylic acids is 1. The Bertz CT molecular complexity index is 707. The van der Waals surface area contributed by atoms with Crippen LogP contribution in [0.25, 0.3) is 0 Å². The van der Waals surface area contributed by atoms with Crippen LogP contribution in [0.1, 0.15) is 21.5 Å². The molecule has 0 N–H and O–H groups in total. The Labute approximate surface area is 137 Å². The molecule has 0 aliphatic heterocycles. The fourth-order valence-electron chi connectivity index (χ4n) is 1.90. The van der Waals surface area contributed by atoms with E-state index < -0.39 is 23.0 Å². The van der Waals surface area contributed by atoms with E-state index in [1.165, 1.54) is 13.2 Å². The first-order valence-electron chi connectivity index (χ1n) is 5.88. The molecule has 0 aromatic heterocycles. The van der Waals surface area contributed by atoms with E-state index in [2.05, 4.69) is 31.9 Å². The third-order valence-electron chi connectivity index (χ3n) is 2.96. The number of methoxy groups -OCH3 is 1. The SMILES string of the molecule is COc1cc(C)c(Br)cc1C(=O)c1c(F)cc(Br)cc1F. The number of hydrogen-bond acceptors (Lipinski definition) is 2. The molecule has 0 bridgehead atoms. The molecule has 2 aromatic carbocycles. The van der Waals surface area contributed by atoms with Gasteiger partial charge in [-0.1, -0.05) is 31.9 Å². The molecule has 0 spiro atoms. The van der Waals surface area contributed by atoms with Gasteiger partial charge in [-0.3, -0.25) is 4.79 Å². The molecule has 0 saturated carbocycles. The van der Waals surface area contributed by atoms with Gasteiger partial charge in [0.2, 0.25) is 5.78 Å². The molecule has 110 valence electrons. The average Bonchev–Trinajstić information content (AvgIpc) is 2.39. The first kappa shape index (κ1) is 16.1. The zero-order chi connectivity index (χ0) is 15.7. The second kappa shape index (κ2) is 6.23. The normalized spacial score (nSPS) is 10.6. The number of ketones is 1. The maximum absolute atomic E-state index is 13.9. The van der Waals surface area contributed by atoms with E-state index in [0.29, 0.717) is 4.47 Å². The number of carbonyl (C=O) groups is 1. The Morgan fingerprint density at radius 1 is 1.10 bits per heavy atom. The van der Waals surface area contributed by atoms with E-state index in [1.54, 1.807) is 6.07 Å². The summed E-state index contributed by atoms with van der Waals surface area (Å²) >= 11 is 6.27. The smallest absolute Gasteiger partial charge is 0.202 e. The van der Waals surface area contributed by atoms with Crippen LogP contribution in [-0.4, -0.2) is 12.9 Å². The molecule has 0 atom stereocenters. The van der Waals surface area contributed by atoms with Crippen molar-refractivity contribution in [3.8, 4) is 5.75 Å². The van der Waals surface area contributed by atoms with Gasteiger partial charge in [0.05, 0.1) is 18.2 Å². The molecular formula is C15H10Br2F2O2. The van der Waals surface area contributed by atoms with Gasteiger partial charge in [-0.25, -0.2) is 8.78 Å². The molecular weight excluding hydrogens is 410 g/mol. The lowest BCUT2D eigenvalue weighted by Crippen LogP contribution is -2.09. The molecule has 2 aromatic rings. The van der Waals surface area contributed by atoms with Gasteiger partial charge in [-0.2, -0.15) is 0 Å². The Morgan fingerprint density at radius 2 is 1.67 bits per heavy atom. The van der Waals surface area contributed by atoms with Crippen molar-refractivity contribution in [1.29, 1.82) is 0 Å². The van der Waals surface area contributed by atoms with E-state index in [0.717, 1.165) is 17.7 Å². The molecule has 6 heteroatoms. The minimum absolute atomic E-state index is 0.0927. The summed E-state index contributed by atoms with van der Waals surface area (Å²) in [4.78, 5) is 12.4. The first-order valence-corrected chi connectivity index (χ1v) is 7.47. The van der Waals surface area contributed by atoms with Crippen molar-refractivity contribution in [1.82, 2.24) is 0 Å². The number of halogens is 4. The van der Waals surface area contributed by atoms with Crippen LogP contribution < -0.4 is 4.74 Å². The second-order valence-corrected chi connectivity index (χ2v) is 6.15. The van der Waals surface area contributed by atoms with Crippen LogP contribution in [0.2, 0.25) is 0 Å². The van der Waals surface area contributed by atoms with Gasteiger partial charge >= 0.3 is 0 Å². The molecule has 21 heavy (non-hydrogen) atoms. The van der Waals surface area contributed by atoms with Crippen LogP contribution in [-0.2, 0) is 0 Å². The van der Waals surface area contributed by atoms with Crippen LogP contribution in [0.3, 0.4) is 0 Å². The highest BCUT2D eigenvalue weighted by molar-refractivity contribution is 9.10. The van der Waals surface area contributed by atoms with Crippen molar-refractivity contribution < 1.29 is 18.3 Å². The summed E-state index contributed by atoms with van der Waals surface area (Å²) < 4.78 is 33.9. The quantitative estimate of drug-likeness (QED) is 0.651. The largest absolute Gasteiger partial charge is 0.496 e. The summed E-state index contributed by atoms with van der Waals surface area (Å²) in [6, 6.07) is 5.22. The lowest BCUT2D eigenvalue weighted by molar-refractivity contribution is 0.102. The summed E-state index contributed by atoms with van der Waals surface area (Å²) in [5, 5.41) is 0. The van der Waals surface area contributed by atoms with Crippen LogP contribution in [0.15, 0.2) is 33.2 Å². The molecule has 0 radical (unpaired) electrons. The number of hydrogen-bond donors (Lipinski definition) is 0. The number of ether oxygens (including phenoxy) is 1. The highest BCUT2D eigenvalue weighted by Crippen LogP contribution is 2.30. The Hall–Kier alpha value is -1.27. The van der Waals surface area contributed by atoms with Crippen molar-refractivity contribution in [2.24, 2.45) is 0 Å². The molecule has 0 unspecified atom stereocenters. The van der Waals surface area contributed by atoms with Crippen LogP contribution in [0.4, 0.5) is 8.78 Å². The summed E-state index contributed by atoms with van der Waals surface area (Å²) in [6.45, 7) is 1.82. The van der Waals surface area contributed by atoms with E-state index >= 15 is 0 Å². The molecule has 2 nitrogen and oxygen atoms in total. The Kier molecular flexibility index (Phi) is 4.78. The van der Waals surface area contributed by atoms with E-state index in [9.17, 15) is 13.6 Å². The van der Waals surface area contributed by atoms with Crippen LogP contribution in [0.5, 0.6) is 5.75 Å². The minimum Gasteiger partial charge on any atom is -0.496 e. The van der Waals surface area contributed by atoms with Crippen LogP contribution >= 0.6 is 31.9 Å².